The van der Waals surface area contributed by atoms with Crippen LogP contribution >= 0.6 is 0 Å². The number of methoxy groups -OCH3 is 1. The monoisotopic (exact) mass is 496 g/mol. The number of piperazine rings is 1. The number of anilines is 2. The van der Waals surface area contributed by atoms with Crippen LogP contribution in [0.4, 0.5) is 17.1 Å². The van der Waals surface area contributed by atoms with Crippen LogP contribution in [0.2, 0.25) is 0 Å². The van der Waals surface area contributed by atoms with Gasteiger partial charge in [0.05, 0.1) is 17.6 Å². The number of carbonyl (C=O) groups excluding carboxylic acids is 2. The van der Waals surface area contributed by atoms with Gasteiger partial charge in [-0.3, -0.25) is 14.9 Å². The van der Waals surface area contributed by atoms with Crippen LogP contribution in [0.5, 0.6) is 5.75 Å². The van der Waals surface area contributed by atoms with Gasteiger partial charge in [-0.15, -0.1) is 0 Å². The average molecular weight is 497 g/mol. The Labute approximate surface area is 210 Å². The summed E-state index contributed by atoms with van der Waals surface area (Å²) < 4.78 is 10.4. The largest absolute Gasteiger partial charge is 0.497 e. The van der Waals surface area contributed by atoms with E-state index in [-0.39, 0.29) is 17.2 Å². The van der Waals surface area contributed by atoms with E-state index < -0.39 is 17.5 Å². The minimum atomic E-state index is -0.748. The number of nitro benzene ring substituents is 1. The smallest absolute Gasteiger partial charge is 0.338 e. The molecule has 2 saturated heterocycles. The topological polar surface area (TPSA) is 105 Å². The van der Waals surface area contributed by atoms with Crippen LogP contribution in [0.1, 0.15) is 30.1 Å². The van der Waals surface area contributed by atoms with Gasteiger partial charge in [-0.25, -0.2) is 4.79 Å². The van der Waals surface area contributed by atoms with E-state index in [0.717, 1.165) is 37.4 Å². The van der Waals surface area contributed by atoms with Crippen molar-refractivity contribution in [2.45, 2.75) is 19.8 Å². The first-order valence-corrected chi connectivity index (χ1v) is 12.2. The number of hydrogen-bond acceptors (Lipinski definition) is 8. The number of hydrogen-bond donors (Lipinski definition) is 0. The number of carbonyl (C=O) groups is 2. The number of benzene rings is 2. The third-order valence-corrected chi connectivity index (χ3v) is 6.93. The molecule has 4 rings (SSSR count). The molecule has 0 unspecified atom stereocenters. The van der Waals surface area contributed by atoms with E-state index in [2.05, 4.69) is 11.8 Å². The van der Waals surface area contributed by atoms with Gasteiger partial charge in [0.25, 0.3) is 11.6 Å². The predicted molar refractivity (Wildman–Crippen MR) is 136 cm³/mol. The van der Waals surface area contributed by atoms with E-state index in [4.69, 9.17) is 9.47 Å². The number of amides is 1. The maximum absolute atomic E-state index is 12.6. The number of ether oxygens (including phenoxy) is 2. The molecule has 2 heterocycles. The van der Waals surface area contributed by atoms with Crippen LogP contribution in [-0.4, -0.2) is 74.7 Å². The van der Waals surface area contributed by atoms with E-state index >= 15 is 0 Å². The molecular formula is C26H32N4O6. The molecule has 192 valence electrons. The Morgan fingerprint density at radius 3 is 2.25 bits per heavy atom. The molecule has 1 amide bonds. The second kappa shape index (κ2) is 11.3. The number of rotatable bonds is 7. The van der Waals surface area contributed by atoms with Crippen molar-refractivity contribution in [1.82, 2.24) is 4.90 Å². The first kappa shape index (κ1) is 25.3. The molecule has 2 aliphatic heterocycles. The third kappa shape index (κ3) is 5.87. The van der Waals surface area contributed by atoms with Crippen LogP contribution in [-0.2, 0) is 9.53 Å². The maximum atomic E-state index is 12.6. The fourth-order valence-corrected chi connectivity index (χ4v) is 4.62. The lowest BCUT2D eigenvalue weighted by atomic mass is 9.98. The molecule has 0 aromatic heterocycles. The summed E-state index contributed by atoms with van der Waals surface area (Å²) >= 11 is 0. The van der Waals surface area contributed by atoms with Gasteiger partial charge in [0.15, 0.2) is 6.61 Å². The van der Waals surface area contributed by atoms with Gasteiger partial charge < -0.3 is 24.2 Å². The predicted octanol–water partition coefficient (Wildman–Crippen LogP) is 3.35. The molecule has 10 nitrogen and oxygen atoms in total. The molecule has 0 bridgehead atoms. The molecule has 2 aliphatic rings. The van der Waals surface area contributed by atoms with E-state index in [1.807, 2.05) is 29.2 Å². The average Bonchev–Trinajstić information content (AvgIpc) is 2.91. The van der Waals surface area contributed by atoms with E-state index in [9.17, 15) is 19.7 Å². The summed E-state index contributed by atoms with van der Waals surface area (Å²) in [5.74, 6) is 0.349. The standard InChI is InChI=1S/C26H32N4O6/c1-19-9-11-28(12-10-19)23-8-3-20(17-24(23)30(33)34)26(32)36-18-25(31)29-15-13-27(14-16-29)21-4-6-22(35-2)7-5-21/h3-8,17,19H,9-16,18H2,1-2H3. The third-order valence-electron chi connectivity index (χ3n) is 6.93. The lowest BCUT2D eigenvalue weighted by Gasteiger charge is -2.36. The van der Waals surface area contributed by atoms with Crippen molar-refractivity contribution in [3.05, 3.63) is 58.1 Å². The second-order valence-electron chi connectivity index (χ2n) is 9.27. The highest BCUT2D eigenvalue weighted by Gasteiger charge is 2.26. The Morgan fingerprint density at radius 2 is 1.64 bits per heavy atom. The Kier molecular flexibility index (Phi) is 7.92. The van der Waals surface area contributed by atoms with Crippen molar-refractivity contribution in [3.8, 4) is 5.75 Å². The highest BCUT2D eigenvalue weighted by molar-refractivity contribution is 5.93. The molecule has 0 spiro atoms. The molecule has 0 atom stereocenters. The van der Waals surface area contributed by atoms with E-state index in [1.54, 1.807) is 18.1 Å². The first-order chi connectivity index (χ1) is 17.4. The number of nitro groups is 1. The summed E-state index contributed by atoms with van der Waals surface area (Å²) in [5, 5.41) is 11.7. The van der Waals surface area contributed by atoms with Gasteiger partial charge in [0, 0.05) is 51.0 Å². The van der Waals surface area contributed by atoms with E-state index in [0.29, 0.717) is 37.8 Å². The van der Waals surface area contributed by atoms with Gasteiger partial charge in [0.1, 0.15) is 11.4 Å². The Bertz CT molecular complexity index is 1090. The quantitative estimate of drug-likeness (QED) is 0.327. The molecular weight excluding hydrogens is 464 g/mol. The van der Waals surface area contributed by atoms with Gasteiger partial charge in [-0.1, -0.05) is 6.92 Å². The van der Waals surface area contributed by atoms with Crippen molar-refractivity contribution in [2.75, 3.05) is 62.8 Å². The molecule has 0 aliphatic carbocycles. The van der Waals surface area contributed by atoms with Gasteiger partial charge in [-0.2, -0.15) is 0 Å². The molecule has 2 aromatic carbocycles. The number of piperidine rings is 1. The van der Waals surface area contributed by atoms with Crippen LogP contribution in [0.15, 0.2) is 42.5 Å². The van der Waals surface area contributed by atoms with Crippen molar-refractivity contribution in [3.63, 3.8) is 0 Å². The number of esters is 1. The molecule has 0 N–H and O–H groups in total. The fraction of sp³-hybridized carbons (Fsp3) is 0.462. The molecule has 2 aromatic rings. The molecule has 0 radical (unpaired) electrons. The summed E-state index contributed by atoms with van der Waals surface area (Å²) in [4.78, 5) is 42.2. The summed E-state index contributed by atoms with van der Waals surface area (Å²) in [6.45, 7) is 5.60. The Balaban J connectivity index is 1.30. The zero-order valence-corrected chi connectivity index (χ0v) is 20.7. The summed E-state index contributed by atoms with van der Waals surface area (Å²) in [5.41, 5.74) is 1.50. The summed E-state index contributed by atoms with van der Waals surface area (Å²) in [6.07, 6.45) is 1.94. The summed E-state index contributed by atoms with van der Waals surface area (Å²) in [7, 11) is 1.62. The van der Waals surface area contributed by atoms with Crippen LogP contribution in [0, 0.1) is 16.0 Å². The minimum absolute atomic E-state index is 0.0629. The molecule has 36 heavy (non-hydrogen) atoms. The second-order valence-corrected chi connectivity index (χ2v) is 9.27. The number of nitrogens with zero attached hydrogens (tertiary/aromatic N) is 4. The lowest BCUT2D eigenvalue weighted by molar-refractivity contribution is -0.384. The Morgan fingerprint density at radius 1 is 0.972 bits per heavy atom. The van der Waals surface area contributed by atoms with Gasteiger partial charge in [0.2, 0.25) is 0 Å². The Hall–Kier alpha value is -3.82. The van der Waals surface area contributed by atoms with Gasteiger partial charge in [-0.05, 0) is 55.2 Å². The summed E-state index contributed by atoms with van der Waals surface area (Å²) in [6, 6.07) is 12.1. The van der Waals surface area contributed by atoms with Gasteiger partial charge >= 0.3 is 5.97 Å². The fourth-order valence-electron chi connectivity index (χ4n) is 4.62. The molecule has 0 saturated carbocycles. The zero-order valence-electron chi connectivity index (χ0n) is 20.7. The molecule has 2 fully saturated rings. The highest BCUT2D eigenvalue weighted by Crippen LogP contribution is 2.32. The lowest BCUT2D eigenvalue weighted by Crippen LogP contribution is -2.49. The van der Waals surface area contributed by atoms with Crippen LogP contribution in [0.25, 0.3) is 0 Å². The van der Waals surface area contributed by atoms with E-state index in [1.165, 1.54) is 12.1 Å². The van der Waals surface area contributed by atoms with Crippen molar-refractivity contribution < 1.29 is 24.0 Å². The maximum Gasteiger partial charge on any atom is 0.338 e. The first-order valence-electron chi connectivity index (χ1n) is 12.2. The zero-order chi connectivity index (χ0) is 25.7. The normalized spacial score (nSPS) is 16.6. The van der Waals surface area contributed by atoms with Crippen LogP contribution < -0.4 is 14.5 Å². The molecule has 10 heteroatoms. The SMILES string of the molecule is COc1ccc(N2CCN(C(=O)COC(=O)c3ccc(N4CCC(C)CC4)c([N+](=O)[O-])c3)CC2)cc1. The highest BCUT2D eigenvalue weighted by atomic mass is 16.6. The van der Waals surface area contributed by atoms with Crippen molar-refractivity contribution >= 4 is 28.9 Å². The minimum Gasteiger partial charge on any atom is -0.497 e. The van der Waals surface area contributed by atoms with Crippen molar-refractivity contribution in [1.29, 1.82) is 0 Å². The van der Waals surface area contributed by atoms with Crippen molar-refractivity contribution in [2.24, 2.45) is 5.92 Å². The van der Waals surface area contributed by atoms with Crippen LogP contribution in [0.3, 0.4) is 0 Å².